The molecule has 2 aliphatic rings. The van der Waals surface area contributed by atoms with Crippen molar-refractivity contribution in [3.05, 3.63) is 63.3 Å². The molecule has 0 saturated carbocycles. The summed E-state index contributed by atoms with van der Waals surface area (Å²) >= 11 is 0. The van der Waals surface area contributed by atoms with Gasteiger partial charge in [0, 0.05) is 25.6 Å². The third-order valence-corrected chi connectivity index (χ3v) is 6.31. The first kappa shape index (κ1) is 20.3. The summed E-state index contributed by atoms with van der Waals surface area (Å²) in [6.45, 7) is 5.00. The van der Waals surface area contributed by atoms with E-state index in [1.807, 2.05) is 42.2 Å². The number of amides is 2. The molecule has 4 rings (SSSR count). The molecule has 0 aliphatic carbocycles. The molecule has 7 heteroatoms. The highest BCUT2D eigenvalue weighted by molar-refractivity contribution is 5.83. The molecule has 1 fully saturated rings. The Balaban J connectivity index is 1.64. The average molecular weight is 409 g/mol. The zero-order chi connectivity index (χ0) is 21.3. The van der Waals surface area contributed by atoms with Crippen LogP contribution in [0.25, 0.3) is 0 Å². The Kier molecular flexibility index (Phi) is 5.70. The highest BCUT2D eigenvalue weighted by Crippen LogP contribution is 2.32. The summed E-state index contributed by atoms with van der Waals surface area (Å²) in [6.07, 6.45) is 3.20. The van der Waals surface area contributed by atoms with Gasteiger partial charge in [0.2, 0.25) is 11.8 Å². The summed E-state index contributed by atoms with van der Waals surface area (Å²) in [5.41, 5.74) is 2.15. The van der Waals surface area contributed by atoms with Crippen molar-refractivity contribution in [1.82, 2.24) is 19.8 Å². The molecule has 2 unspecified atom stereocenters. The van der Waals surface area contributed by atoms with Crippen LogP contribution in [-0.2, 0) is 22.6 Å². The van der Waals surface area contributed by atoms with Crippen molar-refractivity contribution in [2.75, 3.05) is 13.1 Å². The number of aromatic amines is 1. The molecule has 30 heavy (non-hydrogen) atoms. The van der Waals surface area contributed by atoms with Crippen molar-refractivity contribution in [3.8, 4) is 0 Å². The van der Waals surface area contributed by atoms with E-state index < -0.39 is 0 Å². The van der Waals surface area contributed by atoms with Crippen LogP contribution in [0, 0.1) is 0 Å². The van der Waals surface area contributed by atoms with Crippen molar-refractivity contribution in [3.63, 3.8) is 0 Å². The minimum Gasteiger partial charge on any atom is -0.337 e. The van der Waals surface area contributed by atoms with Crippen LogP contribution in [0.1, 0.15) is 67.7 Å². The number of fused-ring (bicyclic) bond motifs is 1. The van der Waals surface area contributed by atoms with Gasteiger partial charge < -0.3 is 14.8 Å². The van der Waals surface area contributed by atoms with Gasteiger partial charge in [0.25, 0.3) is 5.56 Å². The van der Waals surface area contributed by atoms with Gasteiger partial charge in [0.1, 0.15) is 5.82 Å². The predicted octanol–water partition coefficient (Wildman–Crippen LogP) is 2.53. The van der Waals surface area contributed by atoms with Crippen LogP contribution < -0.4 is 5.56 Å². The number of carbonyl (C=O) groups is 2. The summed E-state index contributed by atoms with van der Waals surface area (Å²) in [7, 11) is 0. The molecule has 0 spiro atoms. The van der Waals surface area contributed by atoms with Gasteiger partial charge in [-0.3, -0.25) is 14.4 Å². The first-order valence-electron chi connectivity index (χ1n) is 10.7. The van der Waals surface area contributed by atoms with Crippen LogP contribution in [0.4, 0.5) is 0 Å². The molecule has 1 saturated heterocycles. The lowest BCUT2D eigenvalue weighted by atomic mass is 9.95. The first-order valence-corrected chi connectivity index (χ1v) is 10.7. The fourth-order valence-corrected chi connectivity index (χ4v) is 4.50. The third kappa shape index (κ3) is 3.88. The maximum atomic E-state index is 13.4. The van der Waals surface area contributed by atoms with Crippen molar-refractivity contribution in [2.24, 2.45) is 0 Å². The van der Waals surface area contributed by atoms with Crippen molar-refractivity contribution < 1.29 is 9.59 Å². The zero-order valence-electron chi connectivity index (χ0n) is 17.6. The van der Waals surface area contributed by atoms with E-state index in [9.17, 15) is 14.4 Å². The summed E-state index contributed by atoms with van der Waals surface area (Å²) in [5.74, 6) is 0.314. The van der Waals surface area contributed by atoms with Crippen molar-refractivity contribution in [2.45, 2.75) is 58.0 Å². The van der Waals surface area contributed by atoms with Crippen molar-refractivity contribution in [1.29, 1.82) is 0 Å². The Morgan fingerprint density at radius 1 is 1.17 bits per heavy atom. The molecule has 0 bridgehead atoms. The highest BCUT2D eigenvalue weighted by Gasteiger charge is 2.34. The number of nitrogens with zero attached hydrogens (tertiary/aromatic N) is 3. The van der Waals surface area contributed by atoms with Crippen LogP contribution in [0.15, 0.2) is 35.1 Å². The van der Waals surface area contributed by atoms with Gasteiger partial charge in [0.05, 0.1) is 24.2 Å². The summed E-state index contributed by atoms with van der Waals surface area (Å²) in [5, 5.41) is 0. The molecule has 2 aromatic rings. The van der Waals surface area contributed by atoms with Gasteiger partial charge in [-0.1, -0.05) is 30.3 Å². The van der Waals surface area contributed by atoms with Crippen LogP contribution in [0.3, 0.4) is 0 Å². The summed E-state index contributed by atoms with van der Waals surface area (Å²) in [6, 6.07) is 9.51. The molecular weight excluding hydrogens is 380 g/mol. The number of likely N-dealkylation sites (tertiary alicyclic amines) is 1. The number of H-pyrrole nitrogens is 1. The Hall–Kier alpha value is -2.96. The second-order valence-corrected chi connectivity index (χ2v) is 8.24. The van der Waals surface area contributed by atoms with E-state index in [1.165, 1.54) is 6.92 Å². The summed E-state index contributed by atoms with van der Waals surface area (Å²) in [4.78, 5) is 49.2. The van der Waals surface area contributed by atoms with Crippen molar-refractivity contribution >= 4 is 11.8 Å². The van der Waals surface area contributed by atoms with E-state index in [4.69, 9.17) is 4.98 Å². The van der Waals surface area contributed by atoms with Gasteiger partial charge in [-0.2, -0.15) is 0 Å². The minimum atomic E-state index is -0.260. The lowest BCUT2D eigenvalue weighted by molar-refractivity contribution is -0.136. The molecule has 0 radical (unpaired) electrons. The molecule has 2 amide bonds. The predicted molar refractivity (Wildman–Crippen MR) is 113 cm³/mol. The van der Waals surface area contributed by atoms with Crippen LogP contribution >= 0.6 is 0 Å². The minimum absolute atomic E-state index is 0.0181. The second kappa shape index (κ2) is 8.42. The number of hydrogen-bond donors (Lipinski definition) is 1. The molecule has 2 aliphatic heterocycles. The topological polar surface area (TPSA) is 86.4 Å². The molecule has 7 nitrogen and oxygen atoms in total. The SMILES string of the molecule is CC(=O)N1CCc2c(nc(C3CCCCN3C(=O)C(C)c3ccccc3)[nH]c2=O)C1. The largest absolute Gasteiger partial charge is 0.337 e. The normalized spacial score (nSPS) is 19.9. The highest BCUT2D eigenvalue weighted by atomic mass is 16.2. The van der Waals surface area contributed by atoms with E-state index in [1.54, 1.807) is 4.90 Å². The molecular formula is C23H28N4O3. The quantitative estimate of drug-likeness (QED) is 0.846. The lowest BCUT2D eigenvalue weighted by Crippen LogP contribution is -2.43. The Morgan fingerprint density at radius 3 is 2.67 bits per heavy atom. The van der Waals surface area contributed by atoms with Crippen LogP contribution in [0.2, 0.25) is 0 Å². The molecule has 1 aromatic carbocycles. The molecule has 158 valence electrons. The Morgan fingerprint density at radius 2 is 1.93 bits per heavy atom. The standard InChI is InChI=1S/C23H28N4O3/c1-15(17-8-4-3-5-9-17)23(30)27-12-7-6-10-20(27)21-24-19-14-26(16(2)28)13-11-18(19)22(29)25-21/h3-5,8-9,15,20H,6-7,10-14H2,1-2H3,(H,24,25,29). The zero-order valence-corrected chi connectivity index (χ0v) is 17.6. The van der Waals surface area contributed by atoms with Gasteiger partial charge in [0.15, 0.2) is 0 Å². The van der Waals surface area contributed by atoms with E-state index >= 15 is 0 Å². The number of nitrogens with one attached hydrogen (secondary N) is 1. The van der Waals surface area contributed by atoms with Gasteiger partial charge in [-0.25, -0.2) is 4.98 Å². The Bertz CT molecular complexity index is 1000. The number of rotatable bonds is 3. The molecule has 1 aromatic heterocycles. The van der Waals surface area contributed by atoms with E-state index in [-0.39, 0.29) is 29.3 Å². The maximum Gasteiger partial charge on any atom is 0.254 e. The smallest absolute Gasteiger partial charge is 0.254 e. The maximum absolute atomic E-state index is 13.4. The molecule has 2 atom stereocenters. The van der Waals surface area contributed by atoms with Crippen LogP contribution in [0.5, 0.6) is 0 Å². The summed E-state index contributed by atoms with van der Waals surface area (Å²) < 4.78 is 0. The van der Waals surface area contributed by atoms with Gasteiger partial charge in [-0.05, 0) is 38.2 Å². The number of aromatic nitrogens is 2. The van der Waals surface area contributed by atoms with Gasteiger partial charge >= 0.3 is 0 Å². The molecule has 3 heterocycles. The van der Waals surface area contributed by atoms with E-state index in [2.05, 4.69) is 4.98 Å². The number of carbonyl (C=O) groups excluding carboxylic acids is 2. The number of piperidine rings is 1. The number of hydrogen-bond acceptors (Lipinski definition) is 4. The first-order chi connectivity index (χ1) is 14.5. The molecule has 1 N–H and O–H groups in total. The van der Waals surface area contributed by atoms with E-state index in [0.717, 1.165) is 24.8 Å². The Labute approximate surface area is 176 Å². The number of benzene rings is 1. The van der Waals surface area contributed by atoms with Crippen LogP contribution in [-0.4, -0.2) is 44.7 Å². The second-order valence-electron chi connectivity index (χ2n) is 8.24. The lowest BCUT2D eigenvalue weighted by Gasteiger charge is -2.37. The average Bonchev–Trinajstić information content (AvgIpc) is 2.78. The van der Waals surface area contributed by atoms with E-state index in [0.29, 0.717) is 43.1 Å². The third-order valence-electron chi connectivity index (χ3n) is 6.31. The fraction of sp³-hybridized carbons (Fsp3) is 0.478. The monoisotopic (exact) mass is 408 g/mol. The fourth-order valence-electron chi connectivity index (χ4n) is 4.50. The van der Waals surface area contributed by atoms with Gasteiger partial charge in [-0.15, -0.1) is 0 Å².